The number of ether oxygens (including phenoxy) is 2. The van der Waals surface area contributed by atoms with Crippen LogP contribution in [0.15, 0.2) is 28.0 Å². The van der Waals surface area contributed by atoms with Crippen molar-refractivity contribution in [1.82, 2.24) is 9.55 Å². The summed E-state index contributed by atoms with van der Waals surface area (Å²) in [6, 6.07) is 3.85. The van der Waals surface area contributed by atoms with Crippen LogP contribution in [0.4, 0.5) is 0 Å². The Labute approximate surface area is 136 Å². The standard InChI is InChI=1S/C14H17BrN2O3S/c1-17-10(7-18)6-16-14(17)21-8-9-4-13(20-3)11(15)5-12(9)19-2/h4-6,18H,7-8H2,1-3H3. The molecule has 114 valence electrons. The van der Waals surface area contributed by atoms with Crippen LogP contribution >= 0.6 is 27.7 Å². The Hall–Kier alpha value is -1.18. The monoisotopic (exact) mass is 372 g/mol. The maximum Gasteiger partial charge on any atom is 0.168 e. The molecule has 0 aliphatic carbocycles. The van der Waals surface area contributed by atoms with Crippen molar-refractivity contribution in [3.05, 3.63) is 34.1 Å². The topological polar surface area (TPSA) is 56.5 Å². The molecule has 0 saturated heterocycles. The second-order valence-corrected chi connectivity index (χ2v) is 6.13. The number of hydrogen-bond acceptors (Lipinski definition) is 5. The second-order valence-electron chi connectivity index (χ2n) is 4.34. The van der Waals surface area contributed by atoms with Crippen LogP contribution in [0, 0.1) is 0 Å². The molecule has 1 heterocycles. The van der Waals surface area contributed by atoms with E-state index >= 15 is 0 Å². The van der Waals surface area contributed by atoms with Gasteiger partial charge in [0, 0.05) is 18.4 Å². The lowest BCUT2D eigenvalue weighted by Gasteiger charge is -2.12. The molecule has 2 rings (SSSR count). The molecule has 21 heavy (non-hydrogen) atoms. The molecule has 0 bridgehead atoms. The van der Waals surface area contributed by atoms with Crippen LogP contribution in [0.25, 0.3) is 0 Å². The fourth-order valence-electron chi connectivity index (χ4n) is 1.89. The molecule has 0 aliphatic heterocycles. The summed E-state index contributed by atoms with van der Waals surface area (Å²) in [6.07, 6.45) is 1.68. The van der Waals surface area contributed by atoms with E-state index in [2.05, 4.69) is 20.9 Å². The summed E-state index contributed by atoms with van der Waals surface area (Å²) < 4.78 is 13.5. The number of thioether (sulfide) groups is 1. The van der Waals surface area contributed by atoms with Crippen molar-refractivity contribution in [3.63, 3.8) is 0 Å². The number of aromatic nitrogens is 2. The highest BCUT2D eigenvalue weighted by Crippen LogP contribution is 2.35. The largest absolute Gasteiger partial charge is 0.496 e. The number of rotatable bonds is 6. The van der Waals surface area contributed by atoms with Crippen LogP contribution in [0.3, 0.4) is 0 Å². The van der Waals surface area contributed by atoms with Crippen LogP contribution in [0.1, 0.15) is 11.3 Å². The number of aliphatic hydroxyl groups excluding tert-OH is 1. The Morgan fingerprint density at radius 2 is 2.00 bits per heavy atom. The minimum Gasteiger partial charge on any atom is -0.496 e. The number of imidazole rings is 1. The van der Waals surface area contributed by atoms with E-state index < -0.39 is 0 Å². The summed E-state index contributed by atoms with van der Waals surface area (Å²) in [5.41, 5.74) is 1.81. The number of nitrogens with zero attached hydrogens (tertiary/aromatic N) is 2. The van der Waals surface area contributed by atoms with E-state index in [0.29, 0.717) is 5.75 Å². The number of methoxy groups -OCH3 is 2. The third-order valence-corrected chi connectivity index (χ3v) is 4.83. The number of aliphatic hydroxyl groups is 1. The van der Waals surface area contributed by atoms with Crippen molar-refractivity contribution in [2.75, 3.05) is 14.2 Å². The lowest BCUT2D eigenvalue weighted by Crippen LogP contribution is -1.98. The summed E-state index contributed by atoms with van der Waals surface area (Å²) in [5, 5.41) is 10.0. The van der Waals surface area contributed by atoms with E-state index in [1.807, 2.05) is 23.7 Å². The maximum atomic E-state index is 9.19. The Morgan fingerprint density at radius 1 is 1.29 bits per heavy atom. The van der Waals surface area contributed by atoms with Crippen LogP contribution in [0.2, 0.25) is 0 Å². The number of hydrogen-bond donors (Lipinski definition) is 1. The summed E-state index contributed by atoms with van der Waals surface area (Å²) in [6.45, 7) is -0.0144. The van der Waals surface area contributed by atoms with Gasteiger partial charge in [-0.2, -0.15) is 0 Å². The van der Waals surface area contributed by atoms with Gasteiger partial charge >= 0.3 is 0 Å². The first-order chi connectivity index (χ1) is 10.1. The summed E-state index contributed by atoms with van der Waals surface area (Å²) in [7, 11) is 5.17. The van der Waals surface area contributed by atoms with Gasteiger partial charge in [-0.25, -0.2) is 4.98 Å². The van der Waals surface area contributed by atoms with Gasteiger partial charge in [-0.05, 0) is 28.1 Å². The van der Waals surface area contributed by atoms with E-state index in [9.17, 15) is 5.11 Å². The molecular formula is C14H17BrN2O3S. The summed E-state index contributed by atoms with van der Waals surface area (Å²) in [4.78, 5) is 4.30. The highest BCUT2D eigenvalue weighted by Gasteiger charge is 2.12. The maximum absolute atomic E-state index is 9.19. The second kappa shape index (κ2) is 7.20. The molecule has 0 unspecified atom stereocenters. The normalized spacial score (nSPS) is 10.7. The molecule has 7 heteroatoms. The van der Waals surface area contributed by atoms with Crippen LogP contribution in [0.5, 0.6) is 11.5 Å². The van der Waals surface area contributed by atoms with Crippen LogP contribution in [-0.2, 0) is 19.4 Å². The SMILES string of the molecule is COc1cc(CSc2ncc(CO)n2C)c(OC)cc1Br. The van der Waals surface area contributed by atoms with Crippen molar-refractivity contribution >= 4 is 27.7 Å². The Morgan fingerprint density at radius 3 is 2.57 bits per heavy atom. The molecule has 0 aliphatic rings. The van der Waals surface area contributed by atoms with Crippen LogP contribution in [-0.4, -0.2) is 28.9 Å². The zero-order valence-corrected chi connectivity index (χ0v) is 14.5. The van der Waals surface area contributed by atoms with Gasteiger partial charge in [-0.15, -0.1) is 0 Å². The smallest absolute Gasteiger partial charge is 0.168 e. The predicted molar refractivity (Wildman–Crippen MR) is 85.9 cm³/mol. The zero-order valence-electron chi connectivity index (χ0n) is 12.1. The Kier molecular flexibility index (Phi) is 5.55. The molecule has 0 amide bonds. The van der Waals surface area contributed by atoms with Crippen molar-refractivity contribution < 1.29 is 14.6 Å². The van der Waals surface area contributed by atoms with E-state index in [4.69, 9.17) is 9.47 Å². The van der Waals surface area contributed by atoms with Gasteiger partial charge in [0.25, 0.3) is 0 Å². The van der Waals surface area contributed by atoms with Gasteiger partial charge in [0.1, 0.15) is 11.5 Å². The Bertz CT molecular complexity index is 631. The molecule has 0 spiro atoms. The first-order valence-corrected chi connectivity index (χ1v) is 8.03. The van der Waals surface area contributed by atoms with Gasteiger partial charge in [0.15, 0.2) is 5.16 Å². The first kappa shape index (κ1) is 16.2. The predicted octanol–water partition coefficient (Wildman–Crippen LogP) is 2.98. The number of benzene rings is 1. The molecule has 0 atom stereocenters. The minimum absolute atomic E-state index is 0.0144. The summed E-state index contributed by atoms with van der Waals surface area (Å²) in [5.74, 6) is 2.26. The quantitative estimate of drug-likeness (QED) is 0.789. The van der Waals surface area contributed by atoms with Crippen molar-refractivity contribution in [2.45, 2.75) is 17.5 Å². The molecule has 2 aromatic rings. The van der Waals surface area contributed by atoms with Crippen molar-refractivity contribution in [3.8, 4) is 11.5 Å². The average Bonchev–Trinajstić information content (AvgIpc) is 2.85. The molecular weight excluding hydrogens is 356 g/mol. The average molecular weight is 373 g/mol. The van der Waals surface area contributed by atoms with E-state index in [0.717, 1.165) is 32.4 Å². The van der Waals surface area contributed by atoms with E-state index in [1.165, 1.54) is 0 Å². The lowest BCUT2D eigenvalue weighted by atomic mass is 10.2. The Balaban J connectivity index is 2.20. The first-order valence-electron chi connectivity index (χ1n) is 6.25. The highest BCUT2D eigenvalue weighted by molar-refractivity contribution is 9.10. The summed E-state index contributed by atoms with van der Waals surface area (Å²) >= 11 is 5.03. The molecule has 1 aromatic carbocycles. The zero-order chi connectivity index (χ0) is 15.4. The molecule has 0 fully saturated rings. The van der Waals surface area contributed by atoms with E-state index in [-0.39, 0.29) is 6.61 Å². The van der Waals surface area contributed by atoms with E-state index in [1.54, 1.807) is 32.2 Å². The van der Waals surface area contributed by atoms with Gasteiger partial charge in [-0.1, -0.05) is 11.8 Å². The molecule has 1 aromatic heterocycles. The third kappa shape index (κ3) is 3.53. The van der Waals surface area contributed by atoms with Gasteiger partial charge in [0.2, 0.25) is 0 Å². The number of halogens is 1. The minimum atomic E-state index is -0.0144. The van der Waals surface area contributed by atoms with Gasteiger partial charge in [0.05, 0.1) is 37.2 Å². The highest BCUT2D eigenvalue weighted by atomic mass is 79.9. The lowest BCUT2D eigenvalue weighted by molar-refractivity contribution is 0.271. The fourth-order valence-corrected chi connectivity index (χ4v) is 3.32. The molecule has 0 radical (unpaired) electrons. The molecule has 5 nitrogen and oxygen atoms in total. The van der Waals surface area contributed by atoms with Gasteiger partial charge < -0.3 is 19.1 Å². The molecule has 1 N–H and O–H groups in total. The van der Waals surface area contributed by atoms with Crippen LogP contribution < -0.4 is 9.47 Å². The fraction of sp³-hybridized carbons (Fsp3) is 0.357. The van der Waals surface area contributed by atoms with Crippen molar-refractivity contribution in [2.24, 2.45) is 7.05 Å². The third-order valence-electron chi connectivity index (χ3n) is 3.12. The van der Waals surface area contributed by atoms with Gasteiger partial charge in [-0.3, -0.25) is 0 Å². The molecule has 0 saturated carbocycles. The van der Waals surface area contributed by atoms with Crippen molar-refractivity contribution in [1.29, 1.82) is 0 Å².